The van der Waals surface area contributed by atoms with Crippen LogP contribution in [0.3, 0.4) is 0 Å². The summed E-state index contributed by atoms with van der Waals surface area (Å²) in [6.45, 7) is 3.10. The van der Waals surface area contributed by atoms with Gasteiger partial charge in [0.2, 0.25) is 5.88 Å². The highest BCUT2D eigenvalue weighted by Gasteiger charge is 2.34. The zero-order valence-electron chi connectivity index (χ0n) is 18.9. The van der Waals surface area contributed by atoms with E-state index in [9.17, 15) is 22.8 Å². The van der Waals surface area contributed by atoms with Crippen LogP contribution in [-0.2, 0) is 18.0 Å². The maximum Gasteiger partial charge on any atom is 0.418 e. The number of amides is 2. The number of rotatable bonds is 6. The Bertz CT molecular complexity index is 1410. The molecule has 2 amide bonds. The number of hydrogen-bond donors (Lipinski definition) is 2. The molecule has 3 heterocycles. The van der Waals surface area contributed by atoms with E-state index in [2.05, 4.69) is 20.7 Å². The Morgan fingerprint density at radius 3 is 2.60 bits per heavy atom. The number of aryl methyl sites for hydroxylation is 3. The number of halogens is 3. The summed E-state index contributed by atoms with van der Waals surface area (Å²) < 4.78 is 52.9. The van der Waals surface area contributed by atoms with E-state index in [-0.39, 0.29) is 17.3 Å². The lowest BCUT2D eigenvalue weighted by molar-refractivity contribution is -0.137. The Kier molecular flexibility index (Phi) is 6.20. The first-order valence-electron chi connectivity index (χ1n) is 10.3. The number of pyridine rings is 1. The zero-order valence-corrected chi connectivity index (χ0v) is 18.9. The normalized spacial score (nSPS) is 11.5. The molecule has 4 aromatic rings. The fourth-order valence-electron chi connectivity index (χ4n) is 3.54. The molecule has 0 bridgehead atoms. The standard InChI is InChI=1S/C23H20F3N5O4/c1-12-9-13(2)27-20-19(12)22(30-31(20)3)35-11-18(32)29-16-7-6-14(10-15(16)23(24,25)26)28-21(33)17-5-4-8-34-17/h4-10H,11H2,1-3H3,(H,28,33)(H,29,32). The van der Waals surface area contributed by atoms with Crippen molar-refractivity contribution < 1.29 is 31.9 Å². The van der Waals surface area contributed by atoms with E-state index in [0.717, 1.165) is 23.4 Å². The Hall–Kier alpha value is -4.35. The minimum Gasteiger partial charge on any atom is -0.466 e. The van der Waals surface area contributed by atoms with E-state index >= 15 is 0 Å². The Balaban J connectivity index is 1.50. The number of fused-ring (bicyclic) bond motifs is 1. The van der Waals surface area contributed by atoms with Crippen LogP contribution in [0.25, 0.3) is 11.0 Å². The predicted octanol–water partition coefficient (Wildman–Crippen LogP) is 4.47. The molecule has 1 aromatic carbocycles. The van der Waals surface area contributed by atoms with Gasteiger partial charge in [0.15, 0.2) is 18.0 Å². The van der Waals surface area contributed by atoms with Crippen molar-refractivity contribution in [2.75, 3.05) is 17.2 Å². The molecule has 2 N–H and O–H groups in total. The van der Waals surface area contributed by atoms with Crippen LogP contribution in [-0.4, -0.2) is 33.2 Å². The summed E-state index contributed by atoms with van der Waals surface area (Å²) in [4.78, 5) is 28.9. The second-order valence-electron chi connectivity index (χ2n) is 7.73. The number of nitrogens with zero attached hydrogens (tertiary/aromatic N) is 3. The molecule has 0 saturated carbocycles. The number of nitrogens with one attached hydrogen (secondary N) is 2. The maximum atomic E-state index is 13.7. The quantitative estimate of drug-likeness (QED) is 0.415. The van der Waals surface area contributed by atoms with Gasteiger partial charge in [0.1, 0.15) is 0 Å². The predicted molar refractivity (Wildman–Crippen MR) is 120 cm³/mol. The van der Waals surface area contributed by atoms with Gasteiger partial charge in [-0.15, -0.1) is 5.10 Å². The van der Waals surface area contributed by atoms with E-state index in [4.69, 9.17) is 9.15 Å². The minimum atomic E-state index is -4.80. The molecule has 3 aromatic heterocycles. The Morgan fingerprint density at radius 1 is 1.14 bits per heavy atom. The second kappa shape index (κ2) is 9.12. The fourth-order valence-corrected chi connectivity index (χ4v) is 3.54. The third-order valence-corrected chi connectivity index (χ3v) is 5.03. The van der Waals surface area contributed by atoms with Crippen molar-refractivity contribution >= 4 is 34.2 Å². The summed E-state index contributed by atoms with van der Waals surface area (Å²) in [5.41, 5.74) is 0.437. The molecule has 9 nitrogen and oxygen atoms in total. The summed E-state index contributed by atoms with van der Waals surface area (Å²) in [5, 5.41) is 9.36. The number of carbonyl (C=O) groups is 2. The van der Waals surface area contributed by atoms with Crippen LogP contribution in [0.5, 0.6) is 5.88 Å². The van der Waals surface area contributed by atoms with Crippen molar-refractivity contribution in [2.45, 2.75) is 20.0 Å². The summed E-state index contributed by atoms with van der Waals surface area (Å²) in [7, 11) is 1.67. The molecule has 0 saturated heterocycles. The number of ether oxygens (including phenoxy) is 1. The smallest absolute Gasteiger partial charge is 0.418 e. The number of furan rings is 1. The molecule has 0 atom stereocenters. The lowest BCUT2D eigenvalue weighted by Gasteiger charge is -2.15. The Morgan fingerprint density at radius 2 is 1.91 bits per heavy atom. The van der Waals surface area contributed by atoms with Gasteiger partial charge in [-0.1, -0.05) is 0 Å². The number of benzene rings is 1. The van der Waals surface area contributed by atoms with E-state index in [1.54, 1.807) is 7.05 Å². The topological polar surface area (TPSA) is 111 Å². The van der Waals surface area contributed by atoms with Crippen LogP contribution < -0.4 is 15.4 Å². The van der Waals surface area contributed by atoms with Crippen LogP contribution in [0.2, 0.25) is 0 Å². The van der Waals surface area contributed by atoms with E-state index < -0.39 is 35.8 Å². The average molecular weight is 487 g/mol. The Labute approximate surface area is 196 Å². The molecule has 0 radical (unpaired) electrons. The van der Waals surface area contributed by atoms with Gasteiger partial charge >= 0.3 is 6.18 Å². The van der Waals surface area contributed by atoms with E-state index in [1.165, 1.54) is 29.1 Å². The average Bonchev–Trinajstić information content (AvgIpc) is 3.41. The van der Waals surface area contributed by atoms with Gasteiger partial charge in [-0.2, -0.15) is 13.2 Å². The first-order valence-corrected chi connectivity index (χ1v) is 10.3. The molecular formula is C23H20F3N5O4. The van der Waals surface area contributed by atoms with Gasteiger partial charge in [0.25, 0.3) is 11.8 Å². The largest absolute Gasteiger partial charge is 0.466 e. The van der Waals surface area contributed by atoms with Gasteiger partial charge in [0, 0.05) is 18.4 Å². The van der Waals surface area contributed by atoms with Gasteiger partial charge in [-0.25, -0.2) is 9.67 Å². The SMILES string of the molecule is Cc1cc(C)c2c(OCC(=O)Nc3ccc(NC(=O)c4ccco4)cc3C(F)(F)F)nn(C)c2n1. The number of hydrogen-bond acceptors (Lipinski definition) is 6. The number of aromatic nitrogens is 3. The molecule has 4 rings (SSSR count). The van der Waals surface area contributed by atoms with Crippen LogP contribution >= 0.6 is 0 Å². The fraction of sp³-hybridized carbons (Fsp3) is 0.217. The van der Waals surface area contributed by atoms with Crippen LogP contribution in [0.4, 0.5) is 24.5 Å². The second-order valence-corrected chi connectivity index (χ2v) is 7.73. The summed E-state index contributed by atoms with van der Waals surface area (Å²) in [5.74, 6) is -1.44. The summed E-state index contributed by atoms with van der Waals surface area (Å²) in [6.07, 6.45) is -3.53. The maximum absolute atomic E-state index is 13.7. The summed E-state index contributed by atoms with van der Waals surface area (Å²) in [6, 6.07) is 7.68. The van der Waals surface area contributed by atoms with E-state index in [1.807, 2.05) is 19.9 Å². The molecule has 0 aliphatic heterocycles. The molecule has 0 aliphatic rings. The third kappa shape index (κ3) is 5.10. The molecule has 35 heavy (non-hydrogen) atoms. The lowest BCUT2D eigenvalue weighted by Crippen LogP contribution is -2.23. The molecule has 0 aliphatic carbocycles. The molecule has 0 fully saturated rings. The molecule has 182 valence electrons. The van der Waals surface area contributed by atoms with Crippen molar-refractivity contribution in [1.82, 2.24) is 14.8 Å². The number of anilines is 2. The third-order valence-electron chi connectivity index (χ3n) is 5.03. The van der Waals surface area contributed by atoms with Crippen molar-refractivity contribution in [3.8, 4) is 5.88 Å². The highest BCUT2D eigenvalue weighted by molar-refractivity contribution is 6.02. The number of alkyl halides is 3. The zero-order chi connectivity index (χ0) is 25.3. The van der Waals surface area contributed by atoms with Crippen LogP contribution in [0.15, 0.2) is 47.1 Å². The van der Waals surface area contributed by atoms with Crippen molar-refractivity contribution in [1.29, 1.82) is 0 Å². The van der Waals surface area contributed by atoms with Gasteiger partial charge in [-0.3, -0.25) is 9.59 Å². The molecule has 12 heteroatoms. The van der Waals surface area contributed by atoms with Gasteiger partial charge in [-0.05, 0) is 55.8 Å². The van der Waals surface area contributed by atoms with Crippen LogP contribution in [0.1, 0.15) is 27.4 Å². The first kappa shape index (κ1) is 23.8. The lowest BCUT2D eigenvalue weighted by atomic mass is 10.1. The van der Waals surface area contributed by atoms with Crippen molar-refractivity contribution in [3.63, 3.8) is 0 Å². The first-order chi connectivity index (χ1) is 16.5. The van der Waals surface area contributed by atoms with Gasteiger partial charge < -0.3 is 19.8 Å². The number of carbonyl (C=O) groups excluding carboxylic acids is 2. The highest BCUT2D eigenvalue weighted by atomic mass is 19.4. The molecular weight excluding hydrogens is 467 g/mol. The minimum absolute atomic E-state index is 0.0595. The molecule has 0 unspecified atom stereocenters. The van der Waals surface area contributed by atoms with E-state index in [0.29, 0.717) is 11.0 Å². The van der Waals surface area contributed by atoms with Crippen LogP contribution in [0, 0.1) is 13.8 Å². The molecule has 0 spiro atoms. The summed E-state index contributed by atoms with van der Waals surface area (Å²) >= 11 is 0. The van der Waals surface area contributed by atoms with Crippen molar-refractivity contribution in [3.05, 3.63) is 65.2 Å². The van der Waals surface area contributed by atoms with Crippen molar-refractivity contribution in [2.24, 2.45) is 7.05 Å². The van der Waals surface area contributed by atoms with Gasteiger partial charge in [0.05, 0.1) is 22.9 Å². The monoisotopic (exact) mass is 487 g/mol. The highest BCUT2D eigenvalue weighted by Crippen LogP contribution is 2.37.